The first-order valence-electron chi connectivity index (χ1n) is 9.60. The maximum Gasteiger partial charge on any atom is 0.243 e. The van der Waals surface area contributed by atoms with Crippen molar-refractivity contribution in [1.29, 1.82) is 0 Å². The quantitative estimate of drug-likeness (QED) is 0.803. The summed E-state index contributed by atoms with van der Waals surface area (Å²) in [5.41, 5.74) is 1.79. The summed E-state index contributed by atoms with van der Waals surface area (Å²) in [5, 5.41) is 3.59. The third-order valence-electron chi connectivity index (χ3n) is 5.81. The summed E-state index contributed by atoms with van der Waals surface area (Å²) in [6, 6.07) is 5.62. The Balaban J connectivity index is 0.00000210. The van der Waals surface area contributed by atoms with Crippen molar-refractivity contribution in [3.05, 3.63) is 23.8 Å². The molecule has 1 N–H and O–H groups in total. The first-order chi connectivity index (χ1) is 12.4. The lowest BCUT2D eigenvalue weighted by molar-refractivity contribution is -0.116. The number of sulfonamides is 1. The largest absolute Gasteiger partial charge is 0.314 e. The first kappa shape index (κ1) is 20.6. The van der Waals surface area contributed by atoms with E-state index in [-0.39, 0.29) is 18.3 Å². The molecule has 4 rings (SSSR count). The molecule has 2 fully saturated rings. The van der Waals surface area contributed by atoms with Crippen molar-refractivity contribution < 1.29 is 13.2 Å². The number of piperidine rings is 1. The molecule has 1 saturated heterocycles. The minimum Gasteiger partial charge on any atom is -0.314 e. The fourth-order valence-corrected chi connectivity index (χ4v) is 5.49. The van der Waals surface area contributed by atoms with Crippen LogP contribution < -0.4 is 10.2 Å². The normalized spacial score (nSPS) is 21.0. The molecule has 150 valence electrons. The van der Waals surface area contributed by atoms with E-state index in [2.05, 4.69) is 5.32 Å². The molecule has 0 unspecified atom stereocenters. The minimum atomic E-state index is -3.46. The lowest BCUT2D eigenvalue weighted by Gasteiger charge is -2.32. The van der Waals surface area contributed by atoms with Crippen molar-refractivity contribution in [3.63, 3.8) is 0 Å². The number of benzene rings is 1. The monoisotopic (exact) mass is 413 g/mol. The number of fused-ring (bicyclic) bond motifs is 1. The van der Waals surface area contributed by atoms with Crippen LogP contribution >= 0.6 is 12.4 Å². The summed E-state index contributed by atoms with van der Waals surface area (Å²) in [7, 11) is -3.46. The molecule has 1 aliphatic carbocycles. The molecule has 27 heavy (non-hydrogen) atoms. The van der Waals surface area contributed by atoms with Crippen LogP contribution in [-0.4, -0.2) is 50.9 Å². The number of carbonyl (C=O) groups is 1. The summed E-state index contributed by atoms with van der Waals surface area (Å²) in [5.74, 6) is 0.845. The molecule has 0 bridgehead atoms. The minimum absolute atomic E-state index is 0. The van der Waals surface area contributed by atoms with Crippen LogP contribution in [0.3, 0.4) is 0 Å². The molecule has 1 aromatic carbocycles. The van der Waals surface area contributed by atoms with Gasteiger partial charge in [0, 0.05) is 38.3 Å². The summed E-state index contributed by atoms with van der Waals surface area (Å²) >= 11 is 0. The topological polar surface area (TPSA) is 69.7 Å². The van der Waals surface area contributed by atoms with E-state index < -0.39 is 10.0 Å². The molecule has 2 heterocycles. The van der Waals surface area contributed by atoms with Gasteiger partial charge in [-0.1, -0.05) is 0 Å². The van der Waals surface area contributed by atoms with Gasteiger partial charge in [-0.25, -0.2) is 8.42 Å². The summed E-state index contributed by atoms with van der Waals surface area (Å²) in [6.45, 7) is 4.39. The molecule has 2 aliphatic heterocycles. The molecular formula is C19H28ClN3O3S. The third-order valence-corrected chi connectivity index (χ3v) is 7.71. The molecular weight excluding hydrogens is 386 g/mol. The second-order valence-electron chi connectivity index (χ2n) is 7.74. The van der Waals surface area contributed by atoms with Gasteiger partial charge < -0.3 is 10.2 Å². The van der Waals surface area contributed by atoms with Gasteiger partial charge in [0.2, 0.25) is 15.9 Å². The van der Waals surface area contributed by atoms with Crippen LogP contribution in [0.1, 0.15) is 38.2 Å². The number of carbonyl (C=O) groups excluding carboxylic acids is 1. The van der Waals surface area contributed by atoms with Gasteiger partial charge in [-0.05, 0) is 68.3 Å². The Bertz CT molecular complexity index is 802. The number of hydrogen-bond acceptors (Lipinski definition) is 4. The Morgan fingerprint density at radius 2 is 1.85 bits per heavy atom. The van der Waals surface area contributed by atoms with Gasteiger partial charge in [-0.15, -0.1) is 12.4 Å². The number of anilines is 1. The molecule has 3 aliphatic rings. The zero-order chi connectivity index (χ0) is 18.3. The zero-order valence-electron chi connectivity index (χ0n) is 15.7. The highest BCUT2D eigenvalue weighted by Gasteiger charge is 2.32. The maximum atomic E-state index is 13.0. The third kappa shape index (κ3) is 4.31. The number of nitrogens with one attached hydrogen (secondary N) is 1. The molecule has 0 spiro atoms. The van der Waals surface area contributed by atoms with Crippen LogP contribution in [0, 0.1) is 5.92 Å². The zero-order valence-corrected chi connectivity index (χ0v) is 17.3. The predicted molar refractivity (Wildman–Crippen MR) is 108 cm³/mol. The van der Waals surface area contributed by atoms with E-state index in [1.165, 1.54) is 12.8 Å². The summed E-state index contributed by atoms with van der Waals surface area (Å²) in [6.07, 6.45) is 5.12. The lowest BCUT2D eigenvalue weighted by atomic mass is 10.1. The van der Waals surface area contributed by atoms with Crippen molar-refractivity contribution in [2.45, 2.75) is 50.0 Å². The molecule has 1 aromatic rings. The average Bonchev–Trinajstić information content (AvgIpc) is 3.36. The van der Waals surface area contributed by atoms with Gasteiger partial charge in [0.15, 0.2) is 0 Å². The Hall–Kier alpha value is -1.15. The van der Waals surface area contributed by atoms with Gasteiger partial charge in [0.05, 0.1) is 4.90 Å². The van der Waals surface area contributed by atoms with Gasteiger partial charge in [0.25, 0.3) is 0 Å². The Morgan fingerprint density at radius 3 is 2.48 bits per heavy atom. The van der Waals surface area contributed by atoms with Crippen molar-refractivity contribution in [1.82, 2.24) is 9.62 Å². The first-order valence-corrected chi connectivity index (χ1v) is 11.0. The maximum absolute atomic E-state index is 13.0. The van der Waals surface area contributed by atoms with Gasteiger partial charge in [0.1, 0.15) is 0 Å². The van der Waals surface area contributed by atoms with E-state index in [0.29, 0.717) is 37.0 Å². The van der Waals surface area contributed by atoms with Crippen molar-refractivity contribution >= 4 is 34.0 Å². The number of halogens is 1. The van der Waals surface area contributed by atoms with E-state index >= 15 is 0 Å². The highest BCUT2D eigenvalue weighted by Crippen LogP contribution is 2.32. The molecule has 0 atom stereocenters. The smallest absolute Gasteiger partial charge is 0.243 e. The molecule has 1 amide bonds. The van der Waals surface area contributed by atoms with E-state index in [0.717, 1.165) is 36.6 Å². The number of amides is 1. The highest BCUT2D eigenvalue weighted by molar-refractivity contribution is 7.89. The standard InChI is InChI=1S/C19H27N3O3S.ClH/c1-14(23)22-11-6-16-12-18(4-5-19(16)22)26(24,25)21-9-7-17(8-10-21)20-13-15-2-3-15;/h4-5,12,15,17,20H,2-3,6-11,13H2,1H3;1H. The lowest BCUT2D eigenvalue weighted by Crippen LogP contribution is -2.45. The Labute approximate surface area is 167 Å². The van der Waals surface area contributed by atoms with Crippen LogP contribution in [0.5, 0.6) is 0 Å². The second kappa shape index (κ2) is 8.07. The average molecular weight is 414 g/mol. The molecule has 6 nitrogen and oxygen atoms in total. The number of rotatable bonds is 5. The predicted octanol–water partition coefficient (Wildman–Crippen LogP) is 2.17. The van der Waals surface area contributed by atoms with Crippen LogP contribution in [0.2, 0.25) is 0 Å². The Morgan fingerprint density at radius 1 is 1.15 bits per heavy atom. The molecule has 8 heteroatoms. The summed E-state index contributed by atoms with van der Waals surface area (Å²) in [4.78, 5) is 13.7. The second-order valence-corrected chi connectivity index (χ2v) is 9.68. The van der Waals surface area contributed by atoms with E-state index in [4.69, 9.17) is 0 Å². The van der Waals surface area contributed by atoms with Crippen molar-refractivity contribution in [3.8, 4) is 0 Å². The van der Waals surface area contributed by atoms with Crippen molar-refractivity contribution in [2.75, 3.05) is 31.1 Å². The fourth-order valence-electron chi connectivity index (χ4n) is 3.97. The van der Waals surface area contributed by atoms with Crippen LogP contribution in [0.25, 0.3) is 0 Å². The van der Waals surface area contributed by atoms with E-state index in [9.17, 15) is 13.2 Å². The summed E-state index contributed by atoms with van der Waals surface area (Å²) < 4.78 is 27.6. The van der Waals surface area contributed by atoms with Gasteiger partial charge in [-0.3, -0.25) is 4.79 Å². The van der Waals surface area contributed by atoms with E-state index in [1.807, 2.05) is 0 Å². The van der Waals surface area contributed by atoms with Crippen LogP contribution in [0.4, 0.5) is 5.69 Å². The van der Waals surface area contributed by atoms with E-state index in [1.54, 1.807) is 34.3 Å². The van der Waals surface area contributed by atoms with Gasteiger partial charge in [-0.2, -0.15) is 4.31 Å². The fraction of sp³-hybridized carbons (Fsp3) is 0.632. The molecule has 1 saturated carbocycles. The van der Waals surface area contributed by atoms with Crippen LogP contribution in [0.15, 0.2) is 23.1 Å². The van der Waals surface area contributed by atoms with Gasteiger partial charge >= 0.3 is 0 Å². The number of nitrogens with zero attached hydrogens (tertiary/aromatic N) is 2. The highest BCUT2D eigenvalue weighted by atomic mass is 35.5. The SMILES string of the molecule is CC(=O)N1CCc2cc(S(=O)(=O)N3CCC(NCC4CC4)CC3)ccc21.Cl. The molecule has 0 aromatic heterocycles. The molecule has 0 radical (unpaired) electrons. The Kier molecular flexibility index (Phi) is 6.15. The van der Waals surface area contributed by atoms with Crippen molar-refractivity contribution in [2.24, 2.45) is 5.92 Å². The number of hydrogen-bond donors (Lipinski definition) is 1. The van der Waals surface area contributed by atoms with Crippen LogP contribution in [-0.2, 0) is 21.2 Å².